The van der Waals surface area contributed by atoms with Crippen LogP contribution in [-0.4, -0.2) is 24.0 Å². The Morgan fingerprint density at radius 1 is 1.32 bits per heavy atom. The zero-order valence-electron chi connectivity index (χ0n) is 13.4. The summed E-state index contributed by atoms with van der Waals surface area (Å²) in [5.41, 5.74) is 0.112. The second kappa shape index (κ2) is 7.53. The van der Waals surface area contributed by atoms with Gasteiger partial charge in [0.2, 0.25) is 5.91 Å². The highest BCUT2D eigenvalue weighted by Crippen LogP contribution is 2.30. The Bertz CT molecular complexity index is 721. The van der Waals surface area contributed by atoms with Gasteiger partial charge in [0, 0.05) is 24.0 Å². The van der Waals surface area contributed by atoms with Crippen molar-refractivity contribution < 1.29 is 18.0 Å². The lowest BCUT2D eigenvalue weighted by Crippen LogP contribution is -2.37. The Kier molecular flexibility index (Phi) is 5.39. The van der Waals surface area contributed by atoms with Crippen LogP contribution >= 0.6 is 11.3 Å². The predicted octanol–water partition coefficient (Wildman–Crippen LogP) is 3.69. The number of rotatable bonds is 4. The zero-order valence-corrected chi connectivity index (χ0v) is 14.2. The number of thiazole rings is 1. The molecule has 0 saturated carbocycles. The molecule has 2 N–H and O–H groups in total. The van der Waals surface area contributed by atoms with Gasteiger partial charge in [0.05, 0.1) is 11.5 Å². The number of piperidine rings is 1. The molecule has 1 saturated heterocycles. The van der Waals surface area contributed by atoms with Crippen molar-refractivity contribution in [3.8, 4) is 0 Å². The molecule has 3 rings (SSSR count). The molecule has 2 heterocycles. The summed E-state index contributed by atoms with van der Waals surface area (Å²) >= 11 is 1.34. The van der Waals surface area contributed by atoms with E-state index in [-0.39, 0.29) is 11.8 Å². The molecule has 1 fully saturated rings. The Balaban J connectivity index is 1.59. The molecule has 1 aromatic carbocycles. The van der Waals surface area contributed by atoms with Crippen molar-refractivity contribution in [2.45, 2.75) is 25.4 Å². The number of hydrogen-bond donors (Lipinski definition) is 2. The summed E-state index contributed by atoms with van der Waals surface area (Å²) in [6, 6.07) is 5.09. The van der Waals surface area contributed by atoms with E-state index in [9.17, 15) is 18.0 Å². The summed E-state index contributed by atoms with van der Waals surface area (Å²) in [6.07, 6.45) is -0.347. The van der Waals surface area contributed by atoms with Crippen molar-refractivity contribution in [1.29, 1.82) is 0 Å². The van der Waals surface area contributed by atoms with Gasteiger partial charge in [0.25, 0.3) is 0 Å². The van der Waals surface area contributed by atoms with Gasteiger partial charge in [0.1, 0.15) is 0 Å². The number of hydrogen-bond acceptors (Lipinski definition) is 4. The Morgan fingerprint density at radius 2 is 2.08 bits per heavy atom. The number of amides is 1. The first-order chi connectivity index (χ1) is 11.9. The third kappa shape index (κ3) is 4.79. The van der Waals surface area contributed by atoms with Crippen molar-refractivity contribution >= 4 is 22.4 Å². The maximum Gasteiger partial charge on any atom is 0.416 e. The summed E-state index contributed by atoms with van der Waals surface area (Å²) in [7, 11) is 0. The second-order valence-electron chi connectivity index (χ2n) is 6.04. The van der Waals surface area contributed by atoms with E-state index in [0.717, 1.165) is 42.0 Å². The molecule has 25 heavy (non-hydrogen) atoms. The number of carbonyl (C=O) groups excluding carboxylic acids is 1. The van der Waals surface area contributed by atoms with Crippen LogP contribution in [0.2, 0.25) is 0 Å². The first-order valence-corrected chi connectivity index (χ1v) is 8.86. The van der Waals surface area contributed by atoms with Gasteiger partial charge in [-0.15, -0.1) is 11.3 Å². The van der Waals surface area contributed by atoms with Crippen LogP contribution in [0.15, 0.2) is 30.5 Å². The Labute approximate surface area is 147 Å². The molecule has 0 aliphatic carbocycles. The molecule has 1 unspecified atom stereocenters. The molecular formula is C17H18F3N3OS. The van der Waals surface area contributed by atoms with E-state index in [1.165, 1.54) is 23.5 Å². The number of alkyl halides is 3. The topological polar surface area (TPSA) is 54.0 Å². The van der Waals surface area contributed by atoms with Gasteiger partial charge in [-0.25, -0.2) is 4.98 Å². The summed E-state index contributed by atoms with van der Waals surface area (Å²) in [4.78, 5) is 17.3. The number of halogens is 3. The molecule has 134 valence electrons. The van der Waals surface area contributed by atoms with Gasteiger partial charge in [-0.1, -0.05) is 12.1 Å². The van der Waals surface area contributed by atoms with Crippen molar-refractivity contribution in [3.05, 3.63) is 46.5 Å². The Morgan fingerprint density at radius 3 is 2.72 bits per heavy atom. The highest BCUT2D eigenvalue weighted by Gasteiger charge is 2.30. The normalized spacial score (nSPS) is 18.1. The quantitative estimate of drug-likeness (QED) is 0.864. The highest BCUT2D eigenvalue weighted by molar-refractivity contribution is 7.15. The summed E-state index contributed by atoms with van der Waals surface area (Å²) < 4.78 is 37.7. The van der Waals surface area contributed by atoms with Gasteiger partial charge in [-0.05, 0) is 37.1 Å². The molecule has 1 amide bonds. The second-order valence-corrected chi connectivity index (χ2v) is 7.15. The molecule has 1 atom stereocenters. The van der Waals surface area contributed by atoms with E-state index >= 15 is 0 Å². The molecule has 1 aromatic heterocycles. The van der Waals surface area contributed by atoms with Crippen molar-refractivity contribution in [2.24, 2.45) is 5.92 Å². The Hall–Kier alpha value is -1.93. The monoisotopic (exact) mass is 369 g/mol. The van der Waals surface area contributed by atoms with Crippen molar-refractivity contribution in [2.75, 3.05) is 18.4 Å². The lowest BCUT2D eigenvalue weighted by molar-refractivity contribution is -0.137. The van der Waals surface area contributed by atoms with E-state index in [4.69, 9.17) is 0 Å². The van der Waals surface area contributed by atoms with Crippen LogP contribution < -0.4 is 10.6 Å². The van der Waals surface area contributed by atoms with Gasteiger partial charge < -0.3 is 10.6 Å². The number of nitrogens with one attached hydrogen (secondary N) is 2. The van der Waals surface area contributed by atoms with Crippen LogP contribution in [0.25, 0.3) is 0 Å². The molecule has 0 bridgehead atoms. The van der Waals surface area contributed by atoms with E-state index in [1.807, 2.05) is 0 Å². The van der Waals surface area contributed by atoms with Crippen LogP contribution in [0.4, 0.5) is 18.3 Å². The van der Waals surface area contributed by atoms with Crippen LogP contribution in [0.3, 0.4) is 0 Å². The van der Waals surface area contributed by atoms with Crippen LogP contribution in [0.1, 0.15) is 28.8 Å². The number of aromatic nitrogens is 1. The molecular weight excluding hydrogens is 351 g/mol. The standard InChI is InChI=1S/C17H18F3N3OS/c18-17(19,20)13-5-3-11(4-6-13)8-14-10-22-16(25-14)23-15(24)12-2-1-7-21-9-12/h3-6,10,12,21H,1-2,7-9H2,(H,22,23,24). The maximum atomic E-state index is 12.6. The molecule has 0 spiro atoms. The zero-order chi connectivity index (χ0) is 17.9. The van der Waals surface area contributed by atoms with Gasteiger partial charge in [-0.2, -0.15) is 13.2 Å². The predicted molar refractivity (Wildman–Crippen MR) is 90.6 cm³/mol. The van der Waals surface area contributed by atoms with E-state index in [1.54, 1.807) is 6.20 Å². The molecule has 2 aromatic rings. The van der Waals surface area contributed by atoms with Gasteiger partial charge >= 0.3 is 6.18 Å². The summed E-state index contributed by atoms with van der Waals surface area (Å²) in [5, 5.41) is 6.55. The number of nitrogens with zero attached hydrogens (tertiary/aromatic N) is 1. The molecule has 8 heteroatoms. The minimum Gasteiger partial charge on any atom is -0.316 e. The third-order valence-electron chi connectivity index (χ3n) is 4.11. The third-order valence-corrected chi connectivity index (χ3v) is 5.02. The lowest BCUT2D eigenvalue weighted by Gasteiger charge is -2.21. The first-order valence-electron chi connectivity index (χ1n) is 8.04. The fourth-order valence-electron chi connectivity index (χ4n) is 2.74. The van der Waals surface area contributed by atoms with E-state index in [2.05, 4.69) is 15.6 Å². The van der Waals surface area contributed by atoms with Gasteiger partial charge in [-0.3, -0.25) is 4.79 Å². The molecule has 4 nitrogen and oxygen atoms in total. The lowest BCUT2D eigenvalue weighted by atomic mass is 9.99. The number of anilines is 1. The SMILES string of the molecule is O=C(Nc1ncc(Cc2ccc(C(F)(F)F)cc2)s1)C1CCCNC1. The van der Waals surface area contributed by atoms with Crippen molar-refractivity contribution in [1.82, 2.24) is 10.3 Å². The number of benzene rings is 1. The average molecular weight is 369 g/mol. The minimum atomic E-state index is -4.32. The minimum absolute atomic E-state index is 0.0392. The molecule has 0 radical (unpaired) electrons. The van der Waals surface area contributed by atoms with E-state index in [0.29, 0.717) is 18.1 Å². The van der Waals surface area contributed by atoms with Crippen LogP contribution in [0.5, 0.6) is 0 Å². The summed E-state index contributed by atoms with van der Waals surface area (Å²) in [6.45, 7) is 1.62. The van der Waals surface area contributed by atoms with Crippen LogP contribution in [0, 0.1) is 5.92 Å². The number of carbonyl (C=O) groups is 1. The van der Waals surface area contributed by atoms with E-state index < -0.39 is 11.7 Å². The van der Waals surface area contributed by atoms with Crippen LogP contribution in [-0.2, 0) is 17.4 Å². The molecule has 1 aliphatic rings. The fraction of sp³-hybridized carbons (Fsp3) is 0.412. The average Bonchev–Trinajstić information content (AvgIpc) is 3.02. The maximum absolute atomic E-state index is 12.6. The first kappa shape index (κ1) is 17.9. The van der Waals surface area contributed by atoms with Crippen molar-refractivity contribution in [3.63, 3.8) is 0 Å². The molecule has 1 aliphatic heterocycles. The summed E-state index contributed by atoms with van der Waals surface area (Å²) in [5.74, 6) is -0.0846. The van der Waals surface area contributed by atoms with Gasteiger partial charge in [0.15, 0.2) is 5.13 Å². The fourth-order valence-corrected chi connectivity index (χ4v) is 3.59. The smallest absolute Gasteiger partial charge is 0.316 e. The largest absolute Gasteiger partial charge is 0.416 e. The highest BCUT2D eigenvalue weighted by atomic mass is 32.1.